The van der Waals surface area contributed by atoms with Gasteiger partial charge >= 0.3 is 5.97 Å². The van der Waals surface area contributed by atoms with Crippen molar-refractivity contribution in [2.45, 2.75) is 111 Å². The van der Waals surface area contributed by atoms with Gasteiger partial charge in [0.05, 0.1) is 80.1 Å². The van der Waals surface area contributed by atoms with Crippen molar-refractivity contribution < 1.29 is 24.5 Å². The number of carboxylic acid groups (broad SMARTS) is 1. The van der Waals surface area contributed by atoms with Crippen LogP contribution in [0.5, 0.6) is 0 Å². The van der Waals surface area contributed by atoms with Crippen LogP contribution in [-0.2, 0) is 0 Å². The quantitative estimate of drug-likeness (QED) is 0.0779. The molecule has 1 N–H and O–H groups in total. The van der Waals surface area contributed by atoms with Crippen LogP contribution < -0.4 is 0 Å². The molecule has 70 heavy (non-hydrogen) atoms. The molecule has 13 nitrogen and oxygen atoms in total. The number of aromatic nitrogens is 4. The lowest BCUT2D eigenvalue weighted by Gasteiger charge is -2.25. The molecule has 0 bridgehead atoms. The number of nitro benzene ring substituents is 2. The van der Waals surface area contributed by atoms with Gasteiger partial charge in [-0.15, -0.1) is 22.7 Å². The molecular weight excluding hydrogens is 921 g/mol. The van der Waals surface area contributed by atoms with Crippen molar-refractivity contribution in [3.8, 4) is 43.4 Å². The Balaban J connectivity index is 0.000000174. The van der Waals surface area contributed by atoms with Crippen LogP contribution in [0.3, 0.4) is 0 Å². The van der Waals surface area contributed by atoms with Gasteiger partial charge in [0.1, 0.15) is 0 Å². The molecule has 4 heterocycles. The van der Waals surface area contributed by atoms with Crippen LogP contribution in [-0.4, -0.2) is 46.6 Å². The SMILES string of the molecule is CC(=O)c1cc(C2CCCCC2)c(-c2ccc3nc(-c4sc(C)nc4C)ccc3c2)c([N+](=O)[O-])c1.Cc1nc(C)c(-c2ccc3cc(-c4c(C5CCCCC5)cc(C(=O)O)cc4[N+](=O)[O-])ccc3n2)s1. The van der Waals surface area contributed by atoms with Crippen molar-refractivity contribution in [1.82, 2.24) is 19.9 Å². The molecule has 0 aliphatic heterocycles. The maximum absolute atomic E-state index is 12.2. The van der Waals surface area contributed by atoms with Crippen molar-refractivity contribution in [2.75, 3.05) is 0 Å². The third-order valence-corrected chi connectivity index (χ3v) is 15.9. The normalized spacial score (nSPS) is 14.4. The Kier molecular flexibility index (Phi) is 13.8. The molecule has 0 amide bonds. The molecule has 2 aliphatic carbocycles. The molecule has 0 saturated heterocycles. The van der Waals surface area contributed by atoms with Gasteiger partial charge in [0.2, 0.25) is 0 Å². The van der Waals surface area contributed by atoms with Crippen LogP contribution in [0.1, 0.15) is 136 Å². The molecule has 15 heteroatoms. The van der Waals surface area contributed by atoms with Crippen molar-refractivity contribution in [2.24, 2.45) is 0 Å². The van der Waals surface area contributed by atoms with E-state index in [0.717, 1.165) is 139 Å². The summed E-state index contributed by atoms with van der Waals surface area (Å²) in [4.78, 5) is 68.2. The van der Waals surface area contributed by atoms with Gasteiger partial charge < -0.3 is 5.11 Å². The zero-order valence-electron chi connectivity index (χ0n) is 39.7. The number of Topliss-reactive ketones (excluding diaryl/α,β-unsaturated/α-hetero) is 1. The molecule has 2 fully saturated rings. The maximum atomic E-state index is 12.2. The summed E-state index contributed by atoms with van der Waals surface area (Å²) in [5, 5.41) is 37.7. The van der Waals surface area contributed by atoms with Gasteiger partial charge in [-0.05, 0) is 143 Å². The third-order valence-electron chi connectivity index (χ3n) is 13.7. The molecule has 0 atom stereocenters. The van der Waals surface area contributed by atoms with Crippen LogP contribution in [0.15, 0.2) is 84.9 Å². The molecule has 0 radical (unpaired) electrons. The van der Waals surface area contributed by atoms with E-state index in [1.54, 1.807) is 28.7 Å². The predicted octanol–water partition coefficient (Wildman–Crippen LogP) is 15.1. The minimum absolute atomic E-state index is 0.00189. The van der Waals surface area contributed by atoms with E-state index >= 15 is 0 Å². The van der Waals surface area contributed by atoms with Crippen LogP contribution >= 0.6 is 22.7 Å². The molecule has 356 valence electrons. The molecular formula is C55H52N6O7S2. The van der Waals surface area contributed by atoms with Gasteiger partial charge in [0.15, 0.2) is 5.78 Å². The predicted molar refractivity (Wildman–Crippen MR) is 277 cm³/mol. The summed E-state index contributed by atoms with van der Waals surface area (Å²) >= 11 is 3.23. The summed E-state index contributed by atoms with van der Waals surface area (Å²) < 4.78 is 0. The Labute approximate surface area is 413 Å². The van der Waals surface area contributed by atoms with Gasteiger partial charge in [-0.3, -0.25) is 25.0 Å². The van der Waals surface area contributed by atoms with E-state index in [-0.39, 0.29) is 39.5 Å². The van der Waals surface area contributed by atoms with Crippen molar-refractivity contribution in [3.63, 3.8) is 0 Å². The van der Waals surface area contributed by atoms with Gasteiger partial charge in [-0.25, -0.2) is 24.7 Å². The number of aromatic carboxylic acids is 1. The van der Waals surface area contributed by atoms with E-state index < -0.39 is 10.9 Å². The zero-order valence-corrected chi connectivity index (χ0v) is 41.3. The summed E-state index contributed by atoms with van der Waals surface area (Å²) in [7, 11) is 0. The highest BCUT2D eigenvalue weighted by Gasteiger charge is 2.30. The molecule has 0 unspecified atom stereocenters. The topological polar surface area (TPSA) is 192 Å². The number of aryl methyl sites for hydroxylation is 4. The van der Waals surface area contributed by atoms with E-state index in [2.05, 4.69) is 9.97 Å². The molecule has 2 aliphatic rings. The number of hydrogen-bond acceptors (Lipinski definition) is 12. The second-order valence-corrected chi connectivity index (χ2v) is 20.9. The maximum Gasteiger partial charge on any atom is 0.335 e. The Morgan fingerprint density at radius 3 is 1.34 bits per heavy atom. The van der Waals surface area contributed by atoms with Gasteiger partial charge in [-0.2, -0.15) is 0 Å². The lowest BCUT2D eigenvalue weighted by atomic mass is 9.79. The second kappa shape index (κ2) is 20.1. The number of nitro groups is 2. The first-order chi connectivity index (χ1) is 33.6. The van der Waals surface area contributed by atoms with Crippen LogP contribution in [0.4, 0.5) is 11.4 Å². The molecule has 10 rings (SSSR count). The van der Waals surface area contributed by atoms with E-state index in [1.807, 2.05) is 94.4 Å². The third kappa shape index (κ3) is 9.86. The van der Waals surface area contributed by atoms with Crippen LogP contribution in [0.25, 0.3) is 65.2 Å². The fourth-order valence-corrected chi connectivity index (χ4v) is 12.1. The fourth-order valence-electron chi connectivity index (χ4n) is 10.4. The Bertz CT molecular complexity index is 3160. The van der Waals surface area contributed by atoms with Crippen molar-refractivity contribution >= 4 is 67.6 Å². The first kappa shape index (κ1) is 47.9. The van der Waals surface area contributed by atoms with Gasteiger partial charge in [0, 0.05) is 28.5 Å². The number of benzene rings is 4. The van der Waals surface area contributed by atoms with E-state index in [9.17, 15) is 34.9 Å². The summed E-state index contributed by atoms with van der Waals surface area (Å²) in [6, 6.07) is 25.6. The Morgan fingerprint density at radius 2 is 0.971 bits per heavy atom. The van der Waals surface area contributed by atoms with Crippen molar-refractivity contribution in [3.05, 3.63) is 149 Å². The number of rotatable bonds is 10. The van der Waals surface area contributed by atoms with Crippen LogP contribution in [0, 0.1) is 47.9 Å². The van der Waals surface area contributed by atoms with E-state index in [1.165, 1.54) is 25.5 Å². The van der Waals surface area contributed by atoms with E-state index in [4.69, 9.17) is 9.97 Å². The number of carbonyl (C=O) groups excluding carboxylic acids is 1. The molecule has 0 spiro atoms. The monoisotopic (exact) mass is 972 g/mol. The smallest absolute Gasteiger partial charge is 0.335 e. The number of hydrogen-bond donors (Lipinski definition) is 1. The highest BCUT2D eigenvalue weighted by molar-refractivity contribution is 7.15. The number of fused-ring (bicyclic) bond motifs is 2. The molecule has 4 aromatic heterocycles. The van der Waals surface area contributed by atoms with Crippen molar-refractivity contribution in [1.29, 1.82) is 0 Å². The number of pyridine rings is 2. The summed E-state index contributed by atoms with van der Waals surface area (Å²) in [5.74, 6) is -0.989. The molecule has 4 aromatic carbocycles. The van der Waals surface area contributed by atoms with Gasteiger partial charge in [-0.1, -0.05) is 62.8 Å². The summed E-state index contributed by atoms with van der Waals surface area (Å²) in [6.07, 6.45) is 10.4. The number of carboxylic acids is 1. The zero-order chi connectivity index (χ0) is 49.4. The number of ketones is 1. The largest absolute Gasteiger partial charge is 0.478 e. The summed E-state index contributed by atoms with van der Waals surface area (Å²) in [5.41, 5.74) is 9.81. The first-order valence-corrected chi connectivity index (χ1v) is 25.4. The average molecular weight is 973 g/mol. The van der Waals surface area contributed by atoms with E-state index in [0.29, 0.717) is 22.3 Å². The number of thiazole rings is 2. The summed E-state index contributed by atoms with van der Waals surface area (Å²) in [6.45, 7) is 9.39. The fraction of sp³-hybridized carbons (Fsp3) is 0.309. The minimum atomic E-state index is -1.15. The Hall–Kier alpha value is -7.10. The standard InChI is InChI=1S/C28H27N3O3S.C27H25N3O4S/c1-16-28(35-18(3)29-16)25-12-9-20-13-21(10-11-24(20)30-25)27-23(19-7-5-4-6-8-19)14-22(17(2)32)15-26(27)31(33)34;1-15-26(35-16(2)28-15)23-11-8-18-12-19(9-10-22(18)29-23)25-21(17-6-4-3-5-7-17)13-20(27(31)32)14-24(25)30(33)34/h9-15,19H,4-8H2,1-3H3;8-14,17H,3-7H2,1-2H3,(H,31,32). The lowest BCUT2D eigenvalue weighted by Crippen LogP contribution is -2.10. The van der Waals surface area contributed by atoms with Gasteiger partial charge in [0.25, 0.3) is 11.4 Å². The highest BCUT2D eigenvalue weighted by atomic mass is 32.1. The first-order valence-electron chi connectivity index (χ1n) is 23.7. The Morgan fingerprint density at radius 1 is 0.557 bits per heavy atom. The highest BCUT2D eigenvalue weighted by Crippen LogP contribution is 2.46. The average Bonchev–Trinajstić information content (AvgIpc) is 3.90. The lowest BCUT2D eigenvalue weighted by molar-refractivity contribution is -0.384. The molecule has 8 aromatic rings. The van der Waals surface area contributed by atoms with Crippen LogP contribution in [0.2, 0.25) is 0 Å². The minimum Gasteiger partial charge on any atom is -0.478 e. The number of carbonyl (C=O) groups is 2. The second-order valence-electron chi connectivity index (χ2n) is 18.5. The molecule has 2 saturated carbocycles. The number of nitrogens with zero attached hydrogens (tertiary/aromatic N) is 6.